The van der Waals surface area contributed by atoms with E-state index in [0.717, 1.165) is 16.5 Å². The Hall–Kier alpha value is -3.61. The van der Waals surface area contributed by atoms with Gasteiger partial charge in [0.1, 0.15) is 11.3 Å². The van der Waals surface area contributed by atoms with Crippen molar-refractivity contribution in [2.24, 2.45) is 5.10 Å². The van der Waals surface area contributed by atoms with Gasteiger partial charge in [-0.3, -0.25) is 4.79 Å². The molecule has 1 aromatic heterocycles. The highest BCUT2D eigenvalue weighted by Crippen LogP contribution is 2.22. The van der Waals surface area contributed by atoms with Gasteiger partial charge in [-0.25, -0.2) is 10.2 Å². The van der Waals surface area contributed by atoms with Crippen LogP contribution in [0.5, 0.6) is 5.75 Å². The van der Waals surface area contributed by atoms with Crippen LogP contribution in [-0.4, -0.2) is 18.2 Å². The zero-order valence-corrected chi connectivity index (χ0v) is 15.0. The average molecular weight is 365 g/mol. The molecule has 0 aliphatic rings. The number of rotatable bonds is 5. The van der Waals surface area contributed by atoms with Crippen LogP contribution in [0.1, 0.15) is 18.1 Å². The number of hydrogen-bond acceptors (Lipinski definition) is 6. The second-order valence-electron chi connectivity index (χ2n) is 6.05. The molecule has 138 valence electrons. The number of ether oxygens (including phenoxy) is 1. The molecule has 1 amide bonds. The normalized spacial score (nSPS) is 11.4. The fourth-order valence-electron chi connectivity index (χ4n) is 2.51. The number of hydrazone groups is 1. The first-order valence-corrected chi connectivity index (χ1v) is 8.29. The van der Waals surface area contributed by atoms with Crippen LogP contribution in [-0.2, 0) is 4.79 Å². The minimum absolute atomic E-state index is 0.222. The van der Waals surface area contributed by atoms with Gasteiger partial charge in [-0.05, 0) is 49.2 Å². The minimum atomic E-state index is -0.428. The zero-order chi connectivity index (χ0) is 19.4. The lowest BCUT2D eigenvalue weighted by atomic mass is 10.1. The van der Waals surface area contributed by atoms with Crippen molar-refractivity contribution in [1.82, 2.24) is 5.43 Å². The van der Waals surface area contributed by atoms with Crippen LogP contribution in [0.2, 0.25) is 0 Å². The van der Waals surface area contributed by atoms with Crippen molar-refractivity contribution in [1.29, 1.82) is 0 Å². The number of fused-ring (bicyclic) bond motifs is 1. The van der Waals surface area contributed by atoms with Gasteiger partial charge in [0.15, 0.2) is 6.61 Å². The zero-order valence-electron chi connectivity index (χ0n) is 15.0. The largest absolute Gasteiger partial charge is 0.484 e. The Morgan fingerprint density at radius 1 is 1.19 bits per heavy atom. The van der Waals surface area contributed by atoms with E-state index in [4.69, 9.17) is 14.9 Å². The molecular formula is C20H19N3O4. The van der Waals surface area contributed by atoms with E-state index in [1.807, 2.05) is 19.1 Å². The molecular weight excluding hydrogens is 346 g/mol. The number of nitrogen functional groups attached to an aromatic ring is 1. The number of carbonyl (C=O) groups excluding carboxylic acids is 1. The predicted octanol–water partition coefficient (Wildman–Crippen LogP) is 2.60. The van der Waals surface area contributed by atoms with Gasteiger partial charge in [0, 0.05) is 23.2 Å². The van der Waals surface area contributed by atoms with Crippen LogP contribution < -0.4 is 21.5 Å². The monoisotopic (exact) mass is 365 g/mol. The quantitative estimate of drug-likeness (QED) is 0.313. The summed E-state index contributed by atoms with van der Waals surface area (Å²) >= 11 is 0. The van der Waals surface area contributed by atoms with Crippen molar-refractivity contribution in [2.75, 3.05) is 12.3 Å². The summed E-state index contributed by atoms with van der Waals surface area (Å²) in [7, 11) is 0. The Kier molecular flexibility index (Phi) is 5.21. The number of amides is 1. The second kappa shape index (κ2) is 7.74. The van der Waals surface area contributed by atoms with Crippen LogP contribution in [0.3, 0.4) is 0 Å². The SMILES string of the molecule is C/C(=N/NC(=O)COc1ccc2c(C)cc(=O)oc2c1)c1ccc(N)cc1. The Morgan fingerprint density at radius 3 is 2.67 bits per heavy atom. The van der Waals surface area contributed by atoms with Crippen molar-refractivity contribution in [3.8, 4) is 5.75 Å². The van der Waals surface area contributed by atoms with Crippen LogP contribution in [0, 0.1) is 6.92 Å². The third-order valence-corrected chi connectivity index (χ3v) is 3.97. The molecule has 0 fully saturated rings. The summed E-state index contributed by atoms with van der Waals surface area (Å²) in [6.07, 6.45) is 0. The number of aryl methyl sites for hydroxylation is 1. The Morgan fingerprint density at radius 2 is 1.93 bits per heavy atom. The molecule has 0 saturated carbocycles. The number of nitrogens with one attached hydrogen (secondary N) is 1. The number of anilines is 1. The molecule has 0 unspecified atom stereocenters. The maximum atomic E-state index is 11.9. The van der Waals surface area contributed by atoms with Gasteiger partial charge in [0.25, 0.3) is 5.91 Å². The van der Waals surface area contributed by atoms with Crippen molar-refractivity contribution in [3.63, 3.8) is 0 Å². The smallest absolute Gasteiger partial charge is 0.336 e. The first kappa shape index (κ1) is 18.2. The molecule has 3 aromatic rings. The van der Waals surface area contributed by atoms with Gasteiger partial charge in [-0.1, -0.05) is 12.1 Å². The van der Waals surface area contributed by atoms with Gasteiger partial charge in [-0.2, -0.15) is 5.10 Å². The lowest BCUT2D eigenvalue weighted by molar-refractivity contribution is -0.123. The first-order chi connectivity index (χ1) is 12.9. The Balaban J connectivity index is 1.62. The molecule has 3 rings (SSSR count). The lowest BCUT2D eigenvalue weighted by Crippen LogP contribution is -2.25. The third-order valence-electron chi connectivity index (χ3n) is 3.97. The summed E-state index contributed by atoms with van der Waals surface area (Å²) in [5.41, 5.74) is 11.0. The van der Waals surface area contributed by atoms with Crippen molar-refractivity contribution in [3.05, 3.63) is 70.1 Å². The molecule has 0 aliphatic heterocycles. The molecule has 1 heterocycles. The van der Waals surface area contributed by atoms with Gasteiger partial charge < -0.3 is 14.9 Å². The molecule has 0 saturated heterocycles. The summed E-state index contributed by atoms with van der Waals surface area (Å²) in [6.45, 7) is 3.38. The van der Waals surface area contributed by atoms with Gasteiger partial charge >= 0.3 is 5.63 Å². The van der Waals surface area contributed by atoms with E-state index >= 15 is 0 Å². The summed E-state index contributed by atoms with van der Waals surface area (Å²) in [5.74, 6) is 0.0150. The highest BCUT2D eigenvalue weighted by Gasteiger charge is 2.07. The minimum Gasteiger partial charge on any atom is -0.484 e. The maximum absolute atomic E-state index is 11.9. The second-order valence-corrected chi connectivity index (χ2v) is 6.05. The predicted molar refractivity (Wildman–Crippen MR) is 104 cm³/mol. The van der Waals surface area contributed by atoms with Crippen LogP contribution >= 0.6 is 0 Å². The maximum Gasteiger partial charge on any atom is 0.336 e. The van der Waals surface area contributed by atoms with E-state index in [2.05, 4.69) is 10.5 Å². The van der Waals surface area contributed by atoms with Crippen molar-refractivity contribution in [2.45, 2.75) is 13.8 Å². The number of nitrogens with two attached hydrogens (primary N) is 1. The van der Waals surface area contributed by atoms with E-state index in [1.54, 1.807) is 37.3 Å². The number of benzene rings is 2. The summed E-state index contributed by atoms with van der Waals surface area (Å²) in [6, 6.07) is 13.7. The molecule has 2 aromatic carbocycles. The third kappa shape index (κ3) is 4.52. The van der Waals surface area contributed by atoms with E-state index < -0.39 is 11.5 Å². The van der Waals surface area contributed by atoms with Crippen LogP contribution in [0.15, 0.2) is 62.8 Å². The molecule has 0 bridgehead atoms. The molecule has 0 radical (unpaired) electrons. The van der Waals surface area contributed by atoms with Gasteiger partial charge in [0.05, 0.1) is 5.71 Å². The standard InChI is InChI=1S/C20H19N3O4/c1-12-9-20(25)27-18-10-16(7-8-17(12)18)26-11-19(24)23-22-13(2)14-3-5-15(21)6-4-14/h3-10H,11,21H2,1-2H3,(H,23,24)/b22-13-. The van der Waals surface area contributed by atoms with Crippen LogP contribution in [0.4, 0.5) is 5.69 Å². The van der Waals surface area contributed by atoms with E-state index in [-0.39, 0.29) is 6.61 Å². The molecule has 27 heavy (non-hydrogen) atoms. The molecule has 7 heteroatoms. The Bertz CT molecular complexity index is 1070. The first-order valence-electron chi connectivity index (χ1n) is 8.29. The molecule has 0 spiro atoms. The highest BCUT2D eigenvalue weighted by molar-refractivity contribution is 5.99. The molecule has 3 N–H and O–H groups in total. The van der Waals surface area contributed by atoms with E-state index in [9.17, 15) is 9.59 Å². The van der Waals surface area contributed by atoms with Crippen molar-refractivity contribution >= 4 is 28.3 Å². The van der Waals surface area contributed by atoms with Gasteiger partial charge in [-0.15, -0.1) is 0 Å². The summed E-state index contributed by atoms with van der Waals surface area (Å²) in [4.78, 5) is 23.4. The fourth-order valence-corrected chi connectivity index (χ4v) is 2.51. The Labute approximate surface area is 155 Å². The lowest BCUT2D eigenvalue weighted by Gasteiger charge is -2.07. The highest BCUT2D eigenvalue weighted by atomic mass is 16.5. The molecule has 7 nitrogen and oxygen atoms in total. The summed E-state index contributed by atoms with van der Waals surface area (Å²) < 4.78 is 10.6. The van der Waals surface area contributed by atoms with Gasteiger partial charge in [0.2, 0.25) is 0 Å². The molecule has 0 aliphatic carbocycles. The number of nitrogens with zero attached hydrogens (tertiary/aromatic N) is 1. The van der Waals surface area contributed by atoms with E-state index in [0.29, 0.717) is 22.7 Å². The van der Waals surface area contributed by atoms with Crippen molar-refractivity contribution < 1.29 is 13.9 Å². The number of carbonyl (C=O) groups is 1. The number of hydrogen-bond donors (Lipinski definition) is 2. The fraction of sp³-hybridized carbons (Fsp3) is 0.150. The molecule has 0 atom stereocenters. The van der Waals surface area contributed by atoms with Crippen LogP contribution in [0.25, 0.3) is 11.0 Å². The summed E-state index contributed by atoms with van der Waals surface area (Å²) in [5, 5.41) is 4.86. The average Bonchev–Trinajstić information content (AvgIpc) is 2.64. The topological polar surface area (TPSA) is 107 Å². The van der Waals surface area contributed by atoms with E-state index in [1.165, 1.54) is 6.07 Å².